The predicted molar refractivity (Wildman–Crippen MR) is 81.1 cm³/mol. The number of nitrogens with zero attached hydrogens (tertiary/aromatic N) is 2. The summed E-state index contributed by atoms with van der Waals surface area (Å²) in [5, 5.41) is 14.6. The summed E-state index contributed by atoms with van der Waals surface area (Å²) in [6, 6.07) is 10.1. The normalized spacial score (nSPS) is 12.5. The lowest BCUT2D eigenvalue weighted by molar-refractivity contribution is 0.555. The summed E-state index contributed by atoms with van der Waals surface area (Å²) in [6.07, 6.45) is 2.14. The molecule has 0 saturated heterocycles. The van der Waals surface area contributed by atoms with Crippen LogP contribution < -0.4 is 5.32 Å². The topological polar surface area (TPSA) is 53.6 Å². The summed E-state index contributed by atoms with van der Waals surface area (Å²) in [6.45, 7) is 4.01. The van der Waals surface area contributed by atoms with Crippen LogP contribution in [0, 0.1) is 5.92 Å². The van der Waals surface area contributed by atoms with Gasteiger partial charge < -0.3 is 5.32 Å². The average molecular weight is 276 g/mol. The molecule has 1 aromatic heterocycles. The second-order valence-electron chi connectivity index (χ2n) is 4.68. The molecule has 2 N–H and O–H groups in total. The zero-order valence-corrected chi connectivity index (χ0v) is 12.2. The van der Waals surface area contributed by atoms with E-state index in [0.717, 1.165) is 30.0 Å². The molecular formula is C14H20N4S. The molecule has 0 bridgehead atoms. The molecule has 2 rings (SSSR count). The van der Waals surface area contributed by atoms with Crippen molar-refractivity contribution in [2.45, 2.75) is 13.5 Å². The number of aromatic amines is 1. The maximum absolute atomic E-state index is 4.24. The molecule has 5 heteroatoms. The Morgan fingerprint density at radius 2 is 2.05 bits per heavy atom. The minimum Gasteiger partial charge on any atom is -0.311 e. The van der Waals surface area contributed by atoms with Crippen LogP contribution in [0.2, 0.25) is 0 Å². The van der Waals surface area contributed by atoms with Crippen LogP contribution in [0.25, 0.3) is 11.3 Å². The SMILES string of the molecule is CSCC(C)CNCc1n[nH]nc1-c1ccccc1. The molecule has 1 atom stereocenters. The number of H-pyrrole nitrogens is 1. The van der Waals surface area contributed by atoms with E-state index >= 15 is 0 Å². The van der Waals surface area contributed by atoms with Crippen LogP contribution in [0.3, 0.4) is 0 Å². The molecule has 0 amide bonds. The lowest BCUT2D eigenvalue weighted by Gasteiger charge is -2.10. The van der Waals surface area contributed by atoms with Gasteiger partial charge in [-0.3, -0.25) is 0 Å². The Kier molecular flexibility index (Phi) is 5.42. The highest BCUT2D eigenvalue weighted by atomic mass is 32.2. The van der Waals surface area contributed by atoms with Gasteiger partial charge in [0.05, 0.1) is 0 Å². The largest absolute Gasteiger partial charge is 0.311 e. The van der Waals surface area contributed by atoms with Crippen LogP contribution >= 0.6 is 11.8 Å². The number of thioether (sulfide) groups is 1. The summed E-state index contributed by atoms with van der Waals surface area (Å²) in [4.78, 5) is 0. The molecule has 102 valence electrons. The number of rotatable bonds is 7. The average Bonchev–Trinajstić information content (AvgIpc) is 2.88. The van der Waals surface area contributed by atoms with Crippen LogP contribution in [-0.4, -0.2) is 34.0 Å². The van der Waals surface area contributed by atoms with Crippen molar-refractivity contribution in [2.75, 3.05) is 18.6 Å². The fourth-order valence-electron chi connectivity index (χ4n) is 1.98. The number of aromatic nitrogens is 3. The van der Waals surface area contributed by atoms with Gasteiger partial charge in [-0.25, -0.2) is 0 Å². The Balaban J connectivity index is 1.94. The first-order valence-electron chi connectivity index (χ1n) is 6.46. The molecule has 1 unspecified atom stereocenters. The van der Waals surface area contributed by atoms with Crippen molar-refractivity contribution in [3.05, 3.63) is 36.0 Å². The first kappa shape index (κ1) is 14.1. The number of hydrogen-bond donors (Lipinski definition) is 2. The van der Waals surface area contributed by atoms with Gasteiger partial charge >= 0.3 is 0 Å². The lowest BCUT2D eigenvalue weighted by atomic mass is 10.1. The van der Waals surface area contributed by atoms with Gasteiger partial charge in [-0.15, -0.1) is 0 Å². The van der Waals surface area contributed by atoms with Crippen LogP contribution in [0.4, 0.5) is 0 Å². The standard InChI is InChI=1S/C14H20N4S/c1-11(10-19-2)8-15-9-13-14(17-18-16-13)12-6-4-3-5-7-12/h3-7,11,15H,8-10H2,1-2H3,(H,16,17,18). The number of nitrogens with one attached hydrogen (secondary N) is 2. The maximum Gasteiger partial charge on any atom is 0.117 e. The molecule has 0 saturated carbocycles. The highest BCUT2D eigenvalue weighted by Crippen LogP contribution is 2.18. The molecule has 0 aliphatic rings. The molecule has 1 heterocycles. The van der Waals surface area contributed by atoms with E-state index in [1.165, 1.54) is 5.75 Å². The second kappa shape index (κ2) is 7.31. The molecule has 0 aliphatic heterocycles. The Hall–Kier alpha value is -1.33. The Morgan fingerprint density at radius 1 is 1.26 bits per heavy atom. The summed E-state index contributed by atoms with van der Waals surface area (Å²) in [5.74, 6) is 1.85. The van der Waals surface area contributed by atoms with Crippen LogP contribution in [0.15, 0.2) is 30.3 Å². The Morgan fingerprint density at radius 3 is 2.79 bits per heavy atom. The van der Waals surface area contributed by atoms with Crippen LogP contribution in [0.1, 0.15) is 12.6 Å². The predicted octanol–water partition coefficient (Wildman–Crippen LogP) is 2.56. The monoisotopic (exact) mass is 276 g/mol. The maximum atomic E-state index is 4.24. The van der Waals surface area contributed by atoms with Gasteiger partial charge in [0.2, 0.25) is 0 Å². The molecular weight excluding hydrogens is 256 g/mol. The second-order valence-corrected chi connectivity index (χ2v) is 5.59. The van der Waals surface area contributed by atoms with Gasteiger partial charge in [-0.1, -0.05) is 37.3 Å². The zero-order chi connectivity index (χ0) is 13.5. The minimum atomic E-state index is 0.669. The van der Waals surface area contributed by atoms with E-state index in [2.05, 4.69) is 46.0 Å². The molecule has 0 fully saturated rings. The van der Waals surface area contributed by atoms with Crippen molar-refractivity contribution in [3.63, 3.8) is 0 Å². The number of hydrogen-bond acceptors (Lipinski definition) is 4. The zero-order valence-electron chi connectivity index (χ0n) is 11.4. The van der Waals surface area contributed by atoms with Gasteiger partial charge in [0.15, 0.2) is 0 Å². The van der Waals surface area contributed by atoms with E-state index in [1.807, 2.05) is 30.0 Å². The van der Waals surface area contributed by atoms with Gasteiger partial charge in [0.1, 0.15) is 11.4 Å². The summed E-state index contributed by atoms with van der Waals surface area (Å²) in [7, 11) is 0. The van der Waals surface area contributed by atoms with E-state index in [0.29, 0.717) is 5.92 Å². The van der Waals surface area contributed by atoms with E-state index in [-0.39, 0.29) is 0 Å². The Labute approximate surface area is 118 Å². The van der Waals surface area contributed by atoms with Gasteiger partial charge in [-0.05, 0) is 24.5 Å². The first-order valence-corrected chi connectivity index (χ1v) is 7.85. The first-order chi connectivity index (χ1) is 9.31. The molecule has 4 nitrogen and oxygen atoms in total. The lowest BCUT2D eigenvalue weighted by Crippen LogP contribution is -2.22. The van der Waals surface area contributed by atoms with Gasteiger partial charge in [-0.2, -0.15) is 27.2 Å². The summed E-state index contributed by atoms with van der Waals surface area (Å²) < 4.78 is 0. The molecule has 2 aromatic rings. The van der Waals surface area contributed by atoms with Crippen molar-refractivity contribution >= 4 is 11.8 Å². The van der Waals surface area contributed by atoms with Crippen molar-refractivity contribution in [1.29, 1.82) is 0 Å². The number of benzene rings is 1. The van der Waals surface area contributed by atoms with E-state index in [4.69, 9.17) is 0 Å². The van der Waals surface area contributed by atoms with Crippen molar-refractivity contribution < 1.29 is 0 Å². The molecule has 19 heavy (non-hydrogen) atoms. The van der Waals surface area contributed by atoms with Crippen molar-refractivity contribution in [1.82, 2.24) is 20.7 Å². The molecule has 0 spiro atoms. The minimum absolute atomic E-state index is 0.669. The highest BCUT2D eigenvalue weighted by Gasteiger charge is 2.09. The fraction of sp³-hybridized carbons (Fsp3) is 0.429. The molecule has 0 radical (unpaired) electrons. The van der Waals surface area contributed by atoms with Crippen LogP contribution in [0.5, 0.6) is 0 Å². The van der Waals surface area contributed by atoms with E-state index in [9.17, 15) is 0 Å². The fourth-order valence-corrected chi connectivity index (χ4v) is 2.67. The third-order valence-electron chi connectivity index (χ3n) is 2.90. The molecule has 0 aliphatic carbocycles. The van der Waals surface area contributed by atoms with Crippen molar-refractivity contribution in [2.24, 2.45) is 5.92 Å². The summed E-state index contributed by atoms with van der Waals surface area (Å²) in [5.41, 5.74) is 3.01. The summed E-state index contributed by atoms with van der Waals surface area (Å²) >= 11 is 1.88. The van der Waals surface area contributed by atoms with Crippen molar-refractivity contribution in [3.8, 4) is 11.3 Å². The third-order valence-corrected chi connectivity index (χ3v) is 3.81. The van der Waals surface area contributed by atoms with Gasteiger partial charge in [0.25, 0.3) is 0 Å². The smallest absolute Gasteiger partial charge is 0.117 e. The van der Waals surface area contributed by atoms with E-state index < -0.39 is 0 Å². The van der Waals surface area contributed by atoms with Crippen LogP contribution in [-0.2, 0) is 6.54 Å². The highest BCUT2D eigenvalue weighted by molar-refractivity contribution is 7.98. The van der Waals surface area contributed by atoms with E-state index in [1.54, 1.807) is 0 Å². The quantitative estimate of drug-likeness (QED) is 0.816. The van der Waals surface area contributed by atoms with Gasteiger partial charge in [0, 0.05) is 12.1 Å². The third kappa shape index (κ3) is 4.08. The Bertz CT molecular complexity index is 483. The molecule has 1 aromatic carbocycles.